The maximum atomic E-state index is 12.2. The summed E-state index contributed by atoms with van der Waals surface area (Å²) in [6.07, 6.45) is 0. The number of amides is 2. The maximum absolute atomic E-state index is 12.2. The number of rotatable bonds is 4. The molecule has 1 saturated heterocycles. The molecule has 1 aromatic carbocycles. The van der Waals surface area contributed by atoms with Gasteiger partial charge in [0.2, 0.25) is 11.8 Å². The van der Waals surface area contributed by atoms with Gasteiger partial charge < -0.3 is 10.1 Å². The van der Waals surface area contributed by atoms with E-state index in [9.17, 15) is 18.0 Å². The normalized spacial score (nSPS) is 21.7. The minimum absolute atomic E-state index is 0.0961. The molecule has 0 spiro atoms. The number of hydrogen-bond donors (Lipinski definition) is 2. The fourth-order valence-corrected chi connectivity index (χ4v) is 3.19. The van der Waals surface area contributed by atoms with Crippen LogP contribution in [0.5, 0.6) is 5.75 Å². The van der Waals surface area contributed by atoms with Crippen molar-refractivity contribution in [3.05, 3.63) is 24.3 Å². The molecule has 8 heteroatoms. The van der Waals surface area contributed by atoms with Gasteiger partial charge in [0.1, 0.15) is 11.7 Å². The van der Waals surface area contributed by atoms with Crippen LogP contribution in [0.1, 0.15) is 6.92 Å². The zero-order valence-electron chi connectivity index (χ0n) is 11.6. The Bertz CT molecular complexity index is 671. The van der Waals surface area contributed by atoms with Crippen LogP contribution in [0.3, 0.4) is 0 Å². The molecule has 2 amide bonds. The van der Waals surface area contributed by atoms with Gasteiger partial charge in [0.25, 0.3) is 10.0 Å². The Hall–Kier alpha value is -2.09. The molecule has 114 valence electrons. The lowest BCUT2D eigenvalue weighted by Gasteiger charge is -2.13. The molecule has 0 radical (unpaired) electrons. The highest BCUT2D eigenvalue weighted by atomic mass is 32.2. The maximum Gasteiger partial charge on any atom is 0.264 e. The van der Waals surface area contributed by atoms with Crippen molar-refractivity contribution in [1.82, 2.24) is 10.0 Å². The lowest BCUT2D eigenvalue weighted by Crippen LogP contribution is -2.40. The van der Waals surface area contributed by atoms with Crippen LogP contribution >= 0.6 is 0 Å². The number of carbonyl (C=O) groups excluding carboxylic acids is 2. The number of benzene rings is 1. The zero-order valence-corrected chi connectivity index (χ0v) is 12.4. The van der Waals surface area contributed by atoms with Crippen LogP contribution in [0.25, 0.3) is 0 Å². The van der Waals surface area contributed by atoms with E-state index in [4.69, 9.17) is 4.74 Å². The highest BCUT2D eigenvalue weighted by Crippen LogP contribution is 2.20. The average molecular weight is 312 g/mol. The molecular formula is C13H16N2O5S. The molecule has 0 bridgehead atoms. The number of methoxy groups -OCH3 is 1. The third-order valence-corrected chi connectivity index (χ3v) is 4.66. The van der Waals surface area contributed by atoms with Crippen molar-refractivity contribution in [3.8, 4) is 5.75 Å². The second-order valence-corrected chi connectivity index (χ2v) is 6.53. The van der Waals surface area contributed by atoms with Crippen LogP contribution in [0.4, 0.5) is 0 Å². The zero-order chi connectivity index (χ0) is 15.6. The quantitative estimate of drug-likeness (QED) is 0.755. The van der Waals surface area contributed by atoms with Gasteiger partial charge in [-0.05, 0) is 18.1 Å². The fourth-order valence-electron chi connectivity index (χ4n) is 2.15. The second kappa shape index (κ2) is 5.72. The predicted octanol–water partition coefficient (Wildman–Crippen LogP) is -0.118. The van der Waals surface area contributed by atoms with E-state index < -0.39 is 27.8 Å². The van der Waals surface area contributed by atoms with Crippen molar-refractivity contribution in [1.29, 1.82) is 0 Å². The minimum Gasteiger partial charge on any atom is -0.497 e. The Morgan fingerprint density at radius 1 is 1.43 bits per heavy atom. The largest absolute Gasteiger partial charge is 0.497 e. The first-order valence-electron chi connectivity index (χ1n) is 6.33. The van der Waals surface area contributed by atoms with Gasteiger partial charge in [-0.15, -0.1) is 0 Å². The first kappa shape index (κ1) is 15.3. The van der Waals surface area contributed by atoms with Crippen molar-refractivity contribution >= 4 is 21.8 Å². The van der Waals surface area contributed by atoms with Gasteiger partial charge >= 0.3 is 0 Å². The second-order valence-electron chi connectivity index (χ2n) is 4.85. The summed E-state index contributed by atoms with van der Waals surface area (Å²) in [5, 5.41) is 2.53. The first-order valence-corrected chi connectivity index (χ1v) is 7.82. The average Bonchev–Trinajstić information content (AvgIpc) is 2.77. The van der Waals surface area contributed by atoms with Crippen LogP contribution in [0.2, 0.25) is 0 Å². The number of ether oxygens (including phenoxy) is 1. The summed E-state index contributed by atoms with van der Waals surface area (Å²) in [5.74, 6) is -2.16. The van der Waals surface area contributed by atoms with Gasteiger partial charge in [-0.3, -0.25) is 9.59 Å². The van der Waals surface area contributed by atoms with E-state index in [0.29, 0.717) is 12.3 Å². The van der Waals surface area contributed by atoms with Crippen LogP contribution in [-0.4, -0.2) is 33.9 Å². The molecule has 0 aliphatic carbocycles. The number of hydrogen-bond acceptors (Lipinski definition) is 5. The van der Waals surface area contributed by atoms with Crippen molar-refractivity contribution < 1.29 is 22.7 Å². The molecule has 2 N–H and O–H groups in total. The summed E-state index contributed by atoms with van der Waals surface area (Å²) in [4.78, 5) is 23.5. The lowest BCUT2D eigenvalue weighted by molar-refractivity contribution is -0.132. The molecule has 2 rings (SSSR count). The van der Waals surface area contributed by atoms with Gasteiger partial charge in [0.05, 0.1) is 12.0 Å². The molecule has 7 nitrogen and oxygen atoms in total. The van der Waals surface area contributed by atoms with E-state index in [1.165, 1.54) is 25.3 Å². The standard InChI is InChI=1S/C13H16N2O5S/c1-8-7-14-12(16)11(8)13(17)15-21(18,19)10-5-3-4-9(6-10)20-2/h3-6,8,11H,7H2,1-2H3,(H,14,16)(H,15,17). The minimum atomic E-state index is -4.04. The summed E-state index contributed by atoms with van der Waals surface area (Å²) in [6.45, 7) is 2.07. The summed E-state index contributed by atoms with van der Waals surface area (Å²) >= 11 is 0. The number of nitrogens with one attached hydrogen (secondary N) is 2. The van der Waals surface area contributed by atoms with Gasteiger partial charge in [-0.1, -0.05) is 13.0 Å². The topological polar surface area (TPSA) is 102 Å². The van der Waals surface area contributed by atoms with Crippen LogP contribution < -0.4 is 14.8 Å². The molecule has 21 heavy (non-hydrogen) atoms. The summed E-state index contributed by atoms with van der Waals surface area (Å²) < 4.78 is 31.2. The molecule has 1 aliphatic rings. The number of sulfonamides is 1. The number of carbonyl (C=O) groups is 2. The Morgan fingerprint density at radius 2 is 2.14 bits per heavy atom. The Morgan fingerprint density at radius 3 is 2.71 bits per heavy atom. The monoisotopic (exact) mass is 312 g/mol. The highest BCUT2D eigenvalue weighted by molar-refractivity contribution is 7.90. The first-order chi connectivity index (χ1) is 9.85. The molecular weight excluding hydrogens is 296 g/mol. The van der Waals surface area contributed by atoms with E-state index in [-0.39, 0.29) is 10.8 Å². The van der Waals surface area contributed by atoms with Gasteiger partial charge in [-0.2, -0.15) is 0 Å². The van der Waals surface area contributed by atoms with Crippen LogP contribution in [0.15, 0.2) is 29.2 Å². The third-order valence-electron chi connectivity index (χ3n) is 3.32. The Labute approximate surface area is 122 Å². The molecule has 0 saturated carbocycles. The summed E-state index contributed by atoms with van der Waals surface area (Å²) in [5.41, 5.74) is 0. The van der Waals surface area contributed by atoms with Crippen molar-refractivity contribution in [3.63, 3.8) is 0 Å². The van der Waals surface area contributed by atoms with E-state index in [2.05, 4.69) is 5.32 Å². The third kappa shape index (κ3) is 3.15. The molecule has 1 heterocycles. The fraction of sp³-hybridized carbons (Fsp3) is 0.385. The van der Waals surface area contributed by atoms with Gasteiger partial charge in [0, 0.05) is 12.6 Å². The van der Waals surface area contributed by atoms with E-state index in [1.807, 2.05) is 4.72 Å². The highest BCUT2D eigenvalue weighted by Gasteiger charge is 2.39. The van der Waals surface area contributed by atoms with Crippen molar-refractivity contribution in [2.45, 2.75) is 11.8 Å². The molecule has 0 aromatic heterocycles. The summed E-state index contributed by atoms with van der Waals surface area (Å²) in [6, 6.07) is 5.74. The van der Waals surface area contributed by atoms with Crippen LogP contribution in [-0.2, 0) is 19.6 Å². The molecule has 2 unspecified atom stereocenters. The molecule has 1 aliphatic heterocycles. The van der Waals surface area contributed by atoms with E-state index >= 15 is 0 Å². The van der Waals surface area contributed by atoms with Crippen molar-refractivity contribution in [2.75, 3.05) is 13.7 Å². The van der Waals surface area contributed by atoms with Gasteiger partial charge in [0.15, 0.2) is 0 Å². The Balaban J connectivity index is 2.21. The molecule has 1 aromatic rings. The van der Waals surface area contributed by atoms with E-state index in [1.54, 1.807) is 13.0 Å². The summed E-state index contributed by atoms with van der Waals surface area (Å²) in [7, 11) is -2.62. The van der Waals surface area contributed by atoms with Gasteiger partial charge in [-0.25, -0.2) is 13.1 Å². The van der Waals surface area contributed by atoms with Crippen molar-refractivity contribution in [2.24, 2.45) is 11.8 Å². The predicted molar refractivity (Wildman–Crippen MR) is 74.0 cm³/mol. The Kier molecular flexibility index (Phi) is 4.17. The molecule has 1 fully saturated rings. The van der Waals surface area contributed by atoms with Crippen LogP contribution in [0, 0.1) is 11.8 Å². The smallest absolute Gasteiger partial charge is 0.264 e. The lowest BCUT2D eigenvalue weighted by atomic mass is 9.97. The molecule has 2 atom stereocenters. The SMILES string of the molecule is COc1cccc(S(=O)(=O)NC(=O)C2C(=O)NCC2C)c1. The van der Waals surface area contributed by atoms with E-state index in [0.717, 1.165) is 0 Å².